The van der Waals surface area contributed by atoms with E-state index in [-0.39, 0.29) is 0 Å². The van der Waals surface area contributed by atoms with Crippen LogP contribution in [0.15, 0.2) is 40.2 Å². The lowest BCUT2D eigenvalue weighted by Crippen LogP contribution is -1.89. The summed E-state index contributed by atoms with van der Waals surface area (Å²) in [6, 6.07) is 9.83. The molecule has 2 N–H and O–H groups in total. The Hall–Kier alpha value is -1.78. The van der Waals surface area contributed by atoms with Gasteiger partial charge in [0.1, 0.15) is 5.69 Å². The molecular weight excluding hydrogens is 280 g/mol. The van der Waals surface area contributed by atoms with Crippen molar-refractivity contribution in [2.75, 3.05) is 5.73 Å². The summed E-state index contributed by atoms with van der Waals surface area (Å²) in [6.45, 7) is 2.03. The van der Waals surface area contributed by atoms with Crippen LogP contribution in [0.2, 0.25) is 5.02 Å². The van der Waals surface area contributed by atoms with E-state index in [4.69, 9.17) is 21.9 Å². The number of thiophene rings is 1. The largest absolute Gasteiger partial charge is 0.367 e. The number of aromatic nitrogens is 1. The average molecular weight is 291 g/mol. The van der Waals surface area contributed by atoms with Gasteiger partial charge in [-0.2, -0.15) is 0 Å². The summed E-state index contributed by atoms with van der Waals surface area (Å²) in [5, 5.41) is 6.64. The minimum Gasteiger partial charge on any atom is -0.367 e. The van der Waals surface area contributed by atoms with Crippen LogP contribution in [0, 0.1) is 6.92 Å². The van der Waals surface area contributed by atoms with E-state index in [0.717, 1.165) is 21.6 Å². The van der Waals surface area contributed by atoms with E-state index in [2.05, 4.69) is 5.16 Å². The number of nitrogens with two attached hydrogens (primary N) is 1. The van der Waals surface area contributed by atoms with E-state index in [1.165, 1.54) is 11.3 Å². The summed E-state index contributed by atoms with van der Waals surface area (Å²) in [5.41, 5.74) is 9.57. The minimum absolute atomic E-state index is 0.314. The minimum atomic E-state index is 0.314. The molecule has 96 valence electrons. The maximum Gasteiger partial charge on any atom is 0.230 e. The van der Waals surface area contributed by atoms with Crippen LogP contribution in [0.5, 0.6) is 0 Å². The molecule has 0 saturated heterocycles. The molecule has 19 heavy (non-hydrogen) atoms. The van der Waals surface area contributed by atoms with Gasteiger partial charge in [-0.25, -0.2) is 0 Å². The van der Waals surface area contributed by atoms with E-state index in [0.29, 0.717) is 16.6 Å². The van der Waals surface area contributed by atoms with E-state index in [9.17, 15) is 0 Å². The first kappa shape index (κ1) is 12.3. The maximum absolute atomic E-state index is 6.17. The van der Waals surface area contributed by atoms with Gasteiger partial charge >= 0.3 is 0 Å². The van der Waals surface area contributed by atoms with Crippen LogP contribution in [0.4, 0.5) is 5.88 Å². The fraction of sp³-hybridized carbons (Fsp3) is 0.0714. The number of anilines is 1. The SMILES string of the molecule is Cc1ccccc1-c1c(-c2sccc2Cl)noc1N. The summed E-state index contributed by atoms with van der Waals surface area (Å²) in [7, 11) is 0. The number of nitrogens with zero attached hydrogens (tertiary/aromatic N) is 1. The molecule has 1 aromatic carbocycles. The smallest absolute Gasteiger partial charge is 0.230 e. The lowest BCUT2D eigenvalue weighted by molar-refractivity contribution is 0.439. The number of hydrogen-bond donors (Lipinski definition) is 1. The first-order valence-corrected chi connectivity index (χ1v) is 6.98. The Balaban J connectivity index is 2.26. The molecule has 0 fully saturated rings. The van der Waals surface area contributed by atoms with Gasteiger partial charge in [0.25, 0.3) is 0 Å². The highest BCUT2D eigenvalue weighted by Crippen LogP contribution is 2.42. The van der Waals surface area contributed by atoms with Gasteiger partial charge in [0, 0.05) is 0 Å². The highest BCUT2D eigenvalue weighted by Gasteiger charge is 2.21. The van der Waals surface area contributed by atoms with Crippen LogP contribution in [0.25, 0.3) is 21.7 Å². The van der Waals surface area contributed by atoms with Gasteiger partial charge in [-0.15, -0.1) is 11.3 Å². The summed E-state index contributed by atoms with van der Waals surface area (Å²) in [4.78, 5) is 0.875. The number of nitrogen functional groups attached to an aromatic ring is 1. The van der Waals surface area contributed by atoms with Crippen LogP contribution in [0.1, 0.15) is 5.56 Å². The van der Waals surface area contributed by atoms with Crippen molar-refractivity contribution in [2.45, 2.75) is 6.92 Å². The lowest BCUT2D eigenvalue weighted by atomic mass is 10.00. The molecule has 0 spiro atoms. The molecule has 3 aromatic rings. The molecule has 0 aliphatic rings. The molecule has 0 bridgehead atoms. The first-order valence-electron chi connectivity index (χ1n) is 5.73. The van der Waals surface area contributed by atoms with Crippen molar-refractivity contribution >= 4 is 28.8 Å². The normalized spacial score (nSPS) is 10.8. The molecule has 0 amide bonds. The molecule has 2 heterocycles. The lowest BCUT2D eigenvalue weighted by Gasteiger charge is -2.05. The van der Waals surface area contributed by atoms with Crippen molar-refractivity contribution < 1.29 is 4.52 Å². The Kier molecular flexibility index (Phi) is 3.05. The Morgan fingerprint density at radius 2 is 2.05 bits per heavy atom. The van der Waals surface area contributed by atoms with Crippen molar-refractivity contribution in [3.63, 3.8) is 0 Å². The predicted octanol–water partition coefficient (Wildman–Crippen LogP) is 4.61. The van der Waals surface area contributed by atoms with Crippen LogP contribution in [-0.2, 0) is 0 Å². The van der Waals surface area contributed by atoms with Gasteiger partial charge in [-0.1, -0.05) is 41.0 Å². The number of rotatable bonds is 2. The third kappa shape index (κ3) is 2.03. The number of aryl methyl sites for hydroxylation is 1. The van der Waals surface area contributed by atoms with Crippen LogP contribution < -0.4 is 5.73 Å². The third-order valence-electron chi connectivity index (χ3n) is 2.97. The zero-order valence-corrected chi connectivity index (χ0v) is 11.8. The van der Waals surface area contributed by atoms with Crippen molar-refractivity contribution in [2.24, 2.45) is 0 Å². The highest BCUT2D eigenvalue weighted by molar-refractivity contribution is 7.14. The molecule has 0 aliphatic heterocycles. The zero-order valence-electron chi connectivity index (χ0n) is 10.2. The van der Waals surface area contributed by atoms with Crippen molar-refractivity contribution in [3.8, 4) is 21.7 Å². The molecule has 0 saturated carbocycles. The number of halogens is 1. The maximum atomic E-state index is 6.17. The van der Waals surface area contributed by atoms with Crippen LogP contribution in [-0.4, -0.2) is 5.16 Å². The van der Waals surface area contributed by atoms with Crippen molar-refractivity contribution in [3.05, 3.63) is 46.3 Å². The fourth-order valence-electron chi connectivity index (χ4n) is 2.03. The van der Waals surface area contributed by atoms with E-state index in [1.807, 2.05) is 42.6 Å². The number of benzene rings is 1. The highest BCUT2D eigenvalue weighted by atomic mass is 35.5. The molecular formula is C14H11ClN2OS. The Labute approximate surface area is 119 Å². The second-order valence-electron chi connectivity index (χ2n) is 4.18. The average Bonchev–Trinajstić information content (AvgIpc) is 2.96. The van der Waals surface area contributed by atoms with Gasteiger partial charge in [-0.3, -0.25) is 0 Å². The molecule has 2 aromatic heterocycles. The fourth-order valence-corrected chi connectivity index (χ4v) is 3.17. The molecule has 0 radical (unpaired) electrons. The Bertz CT molecular complexity index is 733. The monoisotopic (exact) mass is 290 g/mol. The van der Waals surface area contributed by atoms with Gasteiger partial charge in [0.05, 0.1) is 15.5 Å². The van der Waals surface area contributed by atoms with Gasteiger partial charge < -0.3 is 10.3 Å². The van der Waals surface area contributed by atoms with Crippen molar-refractivity contribution in [1.82, 2.24) is 5.16 Å². The standard InChI is InChI=1S/C14H11ClN2OS/c1-8-4-2-3-5-9(8)11-12(17-18-14(11)16)13-10(15)6-7-19-13/h2-7H,16H2,1H3. The molecule has 5 heteroatoms. The summed E-state index contributed by atoms with van der Waals surface area (Å²) in [6.07, 6.45) is 0. The van der Waals surface area contributed by atoms with E-state index >= 15 is 0 Å². The molecule has 0 unspecified atom stereocenters. The quantitative estimate of drug-likeness (QED) is 0.749. The predicted molar refractivity (Wildman–Crippen MR) is 79.4 cm³/mol. The second-order valence-corrected chi connectivity index (χ2v) is 5.51. The topological polar surface area (TPSA) is 52.0 Å². The third-order valence-corrected chi connectivity index (χ3v) is 4.31. The summed E-state index contributed by atoms with van der Waals surface area (Å²) >= 11 is 7.69. The molecule has 3 rings (SSSR count). The molecule has 3 nitrogen and oxygen atoms in total. The number of hydrogen-bond acceptors (Lipinski definition) is 4. The molecule has 0 aliphatic carbocycles. The Morgan fingerprint density at radius 3 is 2.74 bits per heavy atom. The van der Waals surface area contributed by atoms with Gasteiger partial charge in [0.2, 0.25) is 5.88 Å². The first-order chi connectivity index (χ1) is 9.18. The Morgan fingerprint density at radius 1 is 1.26 bits per heavy atom. The van der Waals surface area contributed by atoms with Gasteiger partial charge in [0.15, 0.2) is 0 Å². The van der Waals surface area contributed by atoms with E-state index in [1.54, 1.807) is 0 Å². The van der Waals surface area contributed by atoms with E-state index < -0.39 is 0 Å². The van der Waals surface area contributed by atoms with Crippen LogP contribution in [0.3, 0.4) is 0 Å². The van der Waals surface area contributed by atoms with Gasteiger partial charge in [-0.05, 0) is 29.5 Å². The van der Waals surface area contributed by atoms with Crippen LogP contribution >= 0.6 is 22.9 Å². The summed E-state index contributed by atoms with van der Waals surface area (Å²) in [5.74, 6) is 0.314. The molecule has 0 atom stereocenters. The second kappa shape index (κ2) is 4.72. The summed E-state index contributed by atoms with van der Waals surface area (Å²) < 4.78 is 5.16. The zero-order chi connectivity index (χ0) is 13.4. The van der Waals surface area contributed by atoms with Crippen molar-refractivity contribution in [1.29, 1.82) is 0 Å².